The van der Waals surface area contributed by atoms with Crippen LogP contribution in [0.25, 0.3) is 0 Å². The van der Waals surface area contributed by atoms with Crippen molar-refractivity contribution in [3.63, 3.8) is 0 Å². The van der Waals surface area contributed by atoms with Gasteiger partial charge in [0, 0.05) is 5.56 Å². The number of benzene rings is 1. The van der Waals surface area contributed by atoms with Crippen LogP contribution in [0.3, 0.4) is 0 Å². The van der Waals surface area contributed by atoms with E-state index < -0.39 is 34.9 Å². The second-order valence-electron chi connectivity index (χ2n) is 5.29. The number of rotatable bonds is 8. The normalized spacial score (nSPS) is 11.2. The molecule has 26 heavy (non-hydrogen) atoms. The molecule has 1 aromatic heterocycles. The number of methoxy groups -OCH3 is 1. The molecule has 0 unspecified atom stereocenters. The topological polar surface area (TPSA) is 125 Å². The number of carbonyl (C=O) groups is 2. The van der Waals surface area contributed by atoms with Crippen LogP contribution in [0.4, 0.5) is 0 Å². The Hall–Kier alpha value is -2.72. The summed E-state index contributed by atoms with van der Waals surface area (Å²) >= 11 is 0. The van der Waals surface area contributed by atoms with E-state index in [0.29, 0.717) is 11.3 Å². The molecule has 0 spiro atoms. The van der Waals surface area contributed by atoms with Gasteiger partial charge in [0.1, 0.15) is 22.9 Å². The van der Waals surface area contributed by atoms with Gasteiger partial charge in [-0.2, -0.15) is 4.72 Å². The van der Waals surface area contributed by atoms with Gasteiger partial charge >= 0.3 is 5.97 Å². The molecule has 2 aromatic rings. The first-order valence-corrected chi connectivity index (χ1v) is 8.98. The fourth-order valence-corrected chi connectivity index (χ4v) is 3.44. The molecule has 0 amide bonds. The molecule has 0 fully saturated rings. The molecule has 1 N–H and O–H groups in total. The summed E-state index contributed by atoms with van der Waals surface area (Å²) in [5.74, 6) is -0.609. The van der Waals surface area contributed by atoms with Crippen LogP contribution in [0, 0.1) is 13.8 Å². The lowest BCUT2D eigenvalue weighted by atomic mass is 10.1. The molecule has 2 rings (SSSR count). The Bertz CT molecular complexity index is 882. The molecule has 0 saturated heterocycles. The summed E-state index contributed by atoms with van der Waals surface area (Å²) in [7, 11) is -2.48. The molecule has 0 aliphatic rings. The minimum absolute atomic E-state index is 0.109. The minimum Gasteiger partial charge on any atom is -0.497 e. The highest BCUT2D eigenvalue weighted by molar-refractivity contribution is 7.89. The lowest BCUT2D eigenvalue weighted by molar-refractivity contribution is -0.141. The first-order chi connectivity index (χ1) is 12.2. The minimum atomic E-state index is -3.98. The molecule has 9 nitrogen and oxygen atoms in total. The Morgan fingerprint density at radius 1 is 1.19 bits per heavy atom. The number of hydrogen-bond acceptors (Lipinski definition) is 8. The number of ether oxygens (including phenoxy) is 2. The van der Waals surface area contributed by atoms with Crippen LogP contribution in [0.15, 0.2) is 33.7 Å². The number of ketones is 1. The summed E-state index contributed by atoms with van der Waals surface area (Å²) in [5.41, 5.74) is 0.521. The highest BCUT2D eigenvalue weighted by atomic mass is 32.2. The monoisotopic (exact) mass is 382 g/mol. The zero-order valence-corrected chi connectivity index (χ0v) is 15.3. The number of carbonyl (C=O) groups excluding carboxylic acids is 2. The zero-order chi connectivity index (χ0) is 19.3. The van der Waals surface area contributed by atoms with Gasteiger partial charge in [0.05, 0.1) is 7.11 Å². The Kier molecular flexibility index (Phi) is 6.11. The number of Topliss-reactive ketones (excluding diaryl/α,β-unsaturated/α-hetero) is 1. The SMILES string of the molecule is COc1ccc(C(=O)COC(=O)CNS(=O)(=O)c2c(C)noc2C)cc1. The fourth-order valence-electron chi connectivity index (χ4n) is 2.14. The smallest absolute Gasteiger partial charge is 0.321 e. The summed E-state index contributed by atoms with van der Waals surface area (Å²) in [6, 6.07) is 6.28. The Balaban J connectivity index is 1.87. The second kappa shape index (κ2) is 8.11. The quantitative estimate of drug-likeness (QED) is 0.530. The summed E-state index contributed by atoms with van der Waals surface area (Å²) in [6.45, 7) is 1.79. The van der Waals surface area contributed by atoms with Gasteiger partial charge in [0.25, 0.3) is 0 Å². The maximum Gasteiger partial charge on any atom is 0.321 e. The highest BCUT2D eigenvalue weighted by Gasteiger charge is 2.25. The Morgan fingerprint density at radius 3 is 2.38 bits per heavy atom. The van der Waals surface area contributed by atoms with Crippen LogP contribution in [-0.4, -0.2) is 45.6 Å². The van der Waals surface area contributed by atoms with E-state index in [9.17, 15) is 18.0 Å². The molecule has 0 aliphatic heterocycles. The Morgan fingerprint density at radius 2 is 1.85 bits per heavy atom. The molecule has 1 heterocycles. The average molecular weight is 382 g/mol. The summed E-state index contributed by atoms with van der Waals surface area (Å²) < 4.78 is 41.0. The largest absolute Gasteiger partial charge is 0.497 e. The van der Waals surface area contributed by atoms with Gasteiger partial charge in [-0.1, -0.05) is 5.16 Å². The van der Waals surface area contributed by atoms with Gasteiger partial charge in [-0.15, -0.1) is 0 Å². The summed E-state index contributed by atoms with van der Waals surface area (Å²) in [5, 5.41) is 3.55. The first-order valence-electron chi connectivity index (χ1n) is 7.50. The first kappa shape index (κ1) is 19.6. The molecule has 1 aromatic carbocycles. The zero-order valence-electron chi connectivity index (χ0n) is 14.4. The predicted molar refractivity (Wildman–Crippen MR) is 89.4 cm³/mol. The van der Waals surface area contributed by atoms with E-state index in [2.05, 4.69) is 9.88 Å². The molecule has 140 valence electrons. The molecule has 0 saturated carbocycles. The summed E-state index contributed by atoms with van der Waals surface area (Å²) in [6.07, 6.45) is 0. The lowest BCUT2D eigenvalue weighted by Gasteiger charge is -2.07. The van der Waals surface area contributed by atoms with E-state index in [4.69, 9.17) is 14.0 Å². The van der Waals surface area contributed by atoms with Crippen LogP contribution in [0.2, 0.25) is 0 Å². The fraction of sp³-hybridized carbons (Fsp3) is 0.312. The third-order valence-corrected chi connectivity index (χ3v) is 5.06. The van der Waals surface area contributed by atoms with Crippen molar-refractivity contribution in [2.45, 2.75) is 18.7 Å². The lowest BCUT2D eigenvalue weighted by Crippen LogP contribution is -2.32. The number of esters is 1. The third-order valence-electron chi connectivity index (χ3n) is 3.42. The predicted octanol–water partition coefficient (Wildman–Crippen LogP) is 1.00. The molecule has 0 radical (unpaired) electrons. The van der Waals surface area contributed by atoms with E-state index in [0.717, 1.165) is 0 Å². The number of sulfonamides is 1. The van der Waals surface area contributed by atoms with E-state index >= 15 is 0 Å². The van der Waals surface area contributed by atoms with Crippen LogP contribution in [0.5, 0.6) is 5.75 Å². The van der Waals surface area contributed by atoms with Gasteiger partial charge in [-0.25, -0.2) is 8.42 Å². The van der Waals surface area contributed by atoms with Gasteiger partial charge < -0.3 is 14.0 Å². The van der Waals surface area contributed by atoms with Gasteiger partial charge in [-0.3, -0.25) is 9.59 Å². The van der Waals surface area contributed by atoms with Gasteiger partial charge in [0.2, 0.25) is 10.0 Å². The van der Waals surface area contributed by atoms with Crippen molar-refractivity contribution >= 4 is 21.8 Å². The maximum atomic E-state index is 12.2. The Labute approximate surface area is 150 Å². The van der Waals surface area contributed by atoms with Crippen molar-refractivity contribution in [3.05, 3.63) is 41.3 Å². The molecular weight excluding hydrogens is 364 g/mol. The number of nitrogens with one attached hydrogen (secondary N) is 1. The van der Waals surface area contributed by atoms with E-state index in [-0.39, 0.29) is 16.3 Å². The van der Waals surface area contributed by atoms with Gasteiger partial charge in [-0.05, 0) is 38.1 Å². The van der Waals surface area contributed by atoms with Crippen molar-refractivity contribution in [1.82, 2.24) is 9.88 Å². The van der Waals surface area contributed by atoms with Crippen molar-refractivity contribution in [3.8, 4) is 5.75 Å². The summed E-state index contributed by atoms with van der Waals surface area (Å²) in [4.78, 5) is 23.5. The highest BCUT2D eigenvalue weighted by Crippen LogP contribution is 2.18. The number of hydrogen-bond donors (Lipinski definition) is 1. The van der Waals surface area contributed by atoms with Crippen molar-refractivity contribution in [1.29, 1.82) is 0 Å². The van der Waals surface area contributed by atoms with Crippen LogP contribution in [-0.2, 0) is 19.6 Å². The van der Waals surface area contributed by atoms with E-state index in [1.807, 2.05) is 0 Å². The number of aromatic nitrogens is 1. The van der Waals surface area contributed by atoms with Crippen molar-refractivity contribution in [2.24, 2.45) is 0 Å². The van der Waals surface area contributed by atoms with E-state index in [1.54, 1.807) is 12.1 Å². The molecule has 0 bridgehead atoms. The second-order valence-corrected chi connectivity index (χ2v) is 6.99. The van der Waals surface area contributed by atoms with Crippen molar-refractivity contribution in [2.75, 3.05) is 20.3 Å². The van der Waals surface area contributed by atoms with Crippen molar-refractivity contribution < 1.29 is 32.0 Å². The molecule has 10 heteroatoms. The maximum absolute atomic E-state index is 12.2. The number of aryl methyl sites for hydroxylation is 2. The number of nitrogens with zero attached hydrogens (tertiary/aromatic N) is 1. The standard InChI is InChI=1S/C16H18N2O7S/c1-10-16(11(2)25-18-10)26(21,22)17-8-15(20)24-9-14(19)12-4-6-13(23-3)7-5-12/h4-7,17H,8-9H2,1-3H3. The van der Waals surface area contributed by atoms with Crippen LogP contribution in [0.1, 0.15) is 21.8 Å². The molecular formula is C16H18N2O7S. The molecule has 0 atom stereocenters. The van der Waals surface area contributed by atoms with E-state index in [1.165, 1.54) is 33.1 Å². The third kappa shape index (κ3) is 4.67. The van der Waals surface area contributed by atoms with Crippen LogP contribution >= 0.6 is 0 Å². The van der Waals surface area contributed by atoms with Crippen LogP contribution < -0.4 is 9.46 Å². The molecule has 0 aliphatic carbocycles. The van der Waals surface area contributed by atoms with Gasteiger partial charge in [0.15, 0.2) is 18.2 Å². The average Bonchev–Trinajstić information content (AvgIpc) is 2.97.